The summed E-state index contributed by atoms with van der Waals surface area (Å²) in [6, 6.07) is 12.5. The number of esters is 1. The molecule has 0 unspecified atom stereocenters. The largest absolute Gasteiger partial charge is 0.493 e. The molecular formula is C22H19N5O4. The molecule has 9 nitrogen and oxygen atoms in total. The number of hydrogen-bond acceptors (Lipinski definition) is 7. The van der Waals surface area contributed by atoms with Crippen molar-refractivity contribution >= 4 is 17.5 Å². The number of hydrogen-bond donors (Lipinski definition) is 1. The van der Waals surface area contributed by atoms with Crippen LogP contribution in [-0.2, 0) is 9.59 Å². The van der Waals surface area contributed by atoms with Crippen LogP contribution in [0.4, 0.5) is 0 Å². The van der Waals surface area contributed by atoms with Gasteiger partial charge in [-0.25, -0.2) is 4.52 Å². The summed E-state index contributed by atoms with van der Waals surface area (Å²) in [6.45, 7) is 0. The van der Waals surface area contributed by atoms with Gasteiger partial charge in [0, 0.05) is 5.56 Å². The molecule has 0 spiro atoms. The molecule has 3 aromatic rings. The molecule has 2 saturated carbocycles. The van der Waals surface area contributed by atoms with Crippen LogP contribution in [0.3, 0.4) is 0 Å². The van der Waals surface area contributed by atoms with Crippen molar-refractivity contribution in [1.29, 1.82) is 5.26 Å². The maximum Gasteiger partial charge on any atom is 0.344 e. The SMILES string of the molecule is COc1ccc(-c2ccc(C#N)cc2)n2nc(OC(=O)C3(C4(C(N)=O)CC4)CC3)nc12. The zero-order valence-corrected chi connectivity index (χ0v) is 16.8. The molecule has 0 saturated heterocycles. The summed E-state index contributed by atoms with van der Waals surface area (Å²) < 4.78 is 12.5. The highest BCUT2D eigenvalue weighted by atomic mass is 16.6. The fourth-order valence-electron chi connectivity index (χ4n) is 4.33. The van der Waals surface area contributed by atoms with Crippen molar-refractivity contribution in [3.05, 3.63) is 42.0 Å². The van der Waals surface area contributed by atoms with Gasteiger partial charge in [0.25, 0.3) is 0 Å². The summed E-state index contributed by atoms with van der Waals surface area (Å²) in [5, 5.41) is 13.4. The fourth-order valence-corrected chi connectivity index (χ4v) is 4.33. The van der Waals surface area contributed by atoms with Crippen molar-refractivity contribution < 1.29 is 19.1 Å². The number of aromatic nitrogens is 3. The summed E-state index contributed by atoms with van der Waals surface area (Å²) in [6.07, 6.45) is 2.35. The van der Waals surface area contributed by atoms with E-state index in [1.165, 1.54) is 11.6 Å². The van der Waals surface area contributed by atoms with Gasteiger partial charge < -0.3 is 15.2 Å². The average Bonchev–Trinajstić information content (AvgIpc) is 3.68. The van der Waals surface area contributed by atoms with Crippen LogP contribution in [0.15, 0.2) is 36.4 Å². The molecule has 0 radical (unpaired) electrons. The Morgan fingerprint density at radius 3 is 2.32 bits per heavy atom. The molecule has 1 aromatic carbocycles. The minimum absolute atomic E-state index is 0.115. The Kier molecular flexibility index (Phi) is 4.02. The molecular weight excluding hydrogens is 398 g/mol. The van der Waals surface area contributed by atoms with Gasteiger partial charge in [-0.15, -0.1) is 5.10 Å². The van der Waals surface area contributed by atoms with Gasteiger partial charge in [0.1, 0.15) is 0 Å². The van der Waals surface area contributed by atoms with Crippen molar-refractivity contribution in [2.24, 2.45) is 16.6 Å². The van der Waals surface area contributed by atoms with Gasteiger partial charge in [0.2, 0.25) is 11.6 Å². The molecule has 1 amide bonds. The molecule has 156 valence electrons. The van der Waals surface area contributed by atoms with E-state index >= 15 is 0 Å². The topological polar surface area (TPSA) is 133 Å². The number of primary amides is 1. The highest BCUT2D eigenvalue weighted by Gasteiger charge is 2.73. The number of rotatable bonds is 6. The fraction of sp³-hybridized carbons (Fsp3) is 0.318. The number of carbonyl (C=O) groups is 2. The molecule has 2 aliphatic carbocycles. The number of amides is 1. The van der Waals surface area contributed by atoms with Crippen LogP contribution in [0.1, 0.15) is 31.2 Å². The molecule has 0 aliphatic heterocycles. The summed E-state index contributed by atoms with van der Waals surface area (Å²) in [5.74, 6) is -0.502. The highest BCUT2D eigenvalue weighted by Crippen LogP contribution is 2.70. The molecule has 2 aliphatic rings. The van der Waals surface area contributed by atoms with Crippen molar-refractivity contribution in [2.75, 3.05) is 7.11 Å². The van der Waals surface area contributed by atoms with Crippen LogP contribution in [0.25, 0.3) is 16.9 Å². The number of pyridine rings is 1. The Balaban J connectivity index is 1.51. The molecule has 2 fully saturated rings. The lowest BCUT2D eigenvalue weighted by atomic mass is 9.85. The first-order valence-corrected chi connectivity index (χ1v) is 9.91. The van der Waals surface area contributed by atoms with E-state index in [1.807, 2.05) is 6.07 Å². The third kappa shape index (κ3) is 2.75. The van der Waals surface area contributed by atoms with Crippen molar-refractivity contribution in [2.45, 2.75) is 25.7 Å². The normalized spacial score (nSPS) is 17.5. The molecule has 2 heterocycles. The molecule has 2 N–H and O–H groups in total. The maximum atomic E-state index is 13.0. The monoisotopic (exact) mass is 417 g/mol. The van der Waals surface area contributed by atoms with Gasteiger partial charge in [0.05, 0.1) is 35.3 Å². The van der Waals surface area contributed by atoms with Crippen molar-refractivity contribution in [3.8, 4) is 29.1 Å². The molecule has 5 rings (SSSR count). The molecule has 9 heteroatoms. The first kappa shape index (κ1) is 19.1. The van der Waals surface area contributed by atoms with Gasteiger partial charge in [-0.1, -0.05) is 12.1 Å². The first-order valence-electron chi connectivity index (χ1n) is 9.91. The summed E-state index contributed by atoms with van der Waals surface area (Å²) in [5.41, 5.74) is 6.33. The lowest BCUT2D eigenvalue weighted by Crippen LogP contribution is -2.40. The van der Waals surface area contributed by atoms with Crippen LogP contribution in [0.5, 0.6) is 11.8 Å². The van der Waals surface area contributed by atoms with Crippen LogP contribution in [-0.4, -0.2) is 33.6 Å². The third-order valence-corrected chi connectivity index (χ3v) is 6.42. The van der Waals surface area contributed by atoms with E-state index in [-0.39, 0.29) is 6.01 Å². The average molecular weight is 417 g/mol. The number of fused-ring (bicyclic) bond motifs is 1. The number of nitrogens with zero attached hydrogens (tertiary/aromatic N) is 4. The number of nitriles is 1. The second-order valence-corrected chi connectivity index (χ2v) is 8.02. The number of methoxy groups -OCH3 is 1. The number of carbonyl (C=O) groups excluding carboxylic acids is 2. The lowest BCUT2D eigenvalue weighted by Gasteiger charge is -2.20. The van der Waals surface area contributed by atoms with E-state index in [9.17, 15) is 9.59 Å². The molecule has 0 bridgehead atoms. The Labute approximate surface area is 177 Å². The van der Waals surface area contributed by atoms with Gasteiger partial charge in [-0.3, -0.25) is 9.59 Å². The van der Waals surface area contributed by atoms with Gasteiger partial charge >= 0.3 is 12.0 Å². The first-order chi connectivity index (χ1) is 14.9. The van der Waals surface area contributed by atoms with E-state index in [4.69, 9.17) is 20.5 Å². The van der Waals surface area contributed by atoms with E-state index in [0.717, 1.165) is 5.56 Å². The van der Waals surface area contributed by atoms with E-state index in [2.05, 4.69) is 16.2 Å². The minimum Gasteiger partial charge on any atom is -0.493 e. The highest BCUT2D eigenvalue weighted by molar-refractivity contribution is 5.95. The number of nitrogens with two attached hydrogens (primary N) is 1. The lowest BCUT2D eigenvalue weighted by molar-refractivity contribution is -0.148. The summed E-state index contributed by atoms with van der Waals surface area (Å²) in [4.78, 5) is 29.3. The van der Waals surface area contributed by atoms with E-state index < -0.39 is 22.7 Å². The van der Waals surface area contributed by atoms with Gasteiger partial charge in [0.15, 0.2) is 5.75 Å². The summed E-state index contributed by atoms with van der Waals surface area (Å²) >= 11 is 0. The van der Waals surface area contributed by atoms with Crippen LogP contribution in [0, 0.1) is 22.2 Å². The Bertz CT molecular complexity index is 1260. The number of ether oxygens (including phenoxy) is 2. The van der Waals surface area contributed by atoms with Crippen molar-refractivity contribution in [3.63, 3.8) is 0 Å². The minimum atomic E-state index is -0.865. The smallest absolute Gasteiger partial charge is 0.344 e. The standard InChI is InChI=1S/C22H19N5O4/c1-30-16-7-6-15(14-4-2-13(12-23)3-5-14)27-17(16)25-20(26-27)31-19(29)22(10-11-22)21(8-9-21)18(24)28/h2-7H,8-11H2,1H3,(H2,24,28). The van der Waals surface area contributed by atoms with Gasteiger partial charge in [-0.05, 0) is 49.9 Å². The van der Waals surface area contributed by atoms with E-state index in [0.29, 0.717) is 48.3 Å². The summed E-state index contributed by atoms with van der Waals surface area (Å²) in [7, 11) is 1.51. The predicted molar refractivity (Wildman–Crippen MR) is 108 cm³/mol. The third-order valence-electron chi connectivity index (χ3n) is 6.42. The Hall–Kier alpha value is -3.93. The van der Waals surface area contributed by atoms with E-state index in [1.54, 1.807) is 30.3 Å². The Morgan fingerprint density at radius 2 is 1.77 bits per heavy atom. The molecule has 0 atom stereocenters. The quantitative estimate of drug-likeness (QED) is 0.608. The van der Waals surface area contributed by atoms with Crippen LogP contribution >= 0.6 is 0 Å². The number of benzene rings is 1. The van der Waals surface area contributed by atoms with Crippen LogP contribution in [0.2, 0.25) is 0 Å². The van der Waals surface area contributed by atoms with Crippen LogP contribution < -0.4 is 15.2 Å². The second-order valence-electron chi connectivity index (χ2n) is 8.02. The Morgan fingerprint density at radius 1 is 1.10 bits per heavy atom. The predicted octanol–water partition coefficient (Wildman–Crippen LogP) is 2.23. The second kappa shape index (κ2) is 6.54. The van der Waals surface area contributed by atoms with Crippen molar-refractivity contribution in [1.82, 2.24) is 14.6 Å². The maximum absolute atomic E-state index is 13.0. The zero-order valence-electron chi connectivity index (χ0n) is 16.8. The molecule has 31 heavy (non-hydrogen) atoms. The zero-order chi connectivity index (χ0) is 21.8. The van der Waals surface area contributed by atoms with Gasteiger partial charge in [-0.2, -0.15) is 10.2 Å². The molecule has 2 aromatic heterocycles.